The van der Waals surface area contributed by atoms with Crippen molar-refractivity contribution in [3.8, 4) is 0 Å². The van der Waals surface area contributed by atoms with E-state index in [4.69, 9.17) is 10.9 Å². The highest BCUT2D eigenvalue weighted by Crippen LogP contribution is 2.29. The summed E-state index contributed by atoms with van der Waals surface area (Å²) in [5.74, 6) is -0.170. The van der Waals surface area contributed by atoms with Crippen molar-refractivity contribution in [1.82, 2.24) is 4.90 Å². The van der Waals surface area contributed by atoms with Crippen LogP contribution in [0.25, 0.3) is 0 Å². The van der Waals surface area contributed by atoms with Crippen LogP contribution in [0.2, 0.25) is 0 Å². The lowest BCUT2D eigenvalue weighted by Gasteiger charge is -2.42. The van der Waals surface area contributed by atoms with Gasteiger partial charge in [-0.15, -0.1) is 23.7 Å². The maximum Gasteiger partial charge on any atom is 0.254 e. The van der Waals surface area contributed by atoms with Gasteiger partial charge in [0.25, 0.3) is 5.91 Å². The lowest BCUT2D eigenvalue weighted by atomic mass is 9.79. The molecule has 0 radical (unpaired) electrons. The quantitative estimate of drug-likeness (QED) is 0.827. The second-order valence-electron chi connectivity index (χ2n) is 5.81. The Hall–Kier alpha value is -0.670. The molecule has 0 bridgehead atoms. The van der Waals surface area contributed by atoms with Crippen molar-refractivity contribution in [3.05, 3.63) is 17.0 Å². The first kappa shape index (κ1) is 18.4. The first-order valence-corrected chi connectivity index (χ1v) is 8.70. The van der Waals surface area contributed by atoms with Crippen molar-refractivity contribution < 1.29 is 13.2 Å². The zero-order valence-electron chi connectivity index (χ0n) is 11.9. The molecule has 1 amide bonds. The minimum absolute atomic E-state index is 0. The summed E-state index contributed by atoms with van der Waals surface area (Å²) < 4.78 is 22.5. The number of amides is 1. The summed E-state index contributed by atoms with van der Waals surface area (Å²) in [5.41, 5.74) is 6.26. The van der Waals surface area contributed by atoms with Crippen molar-refractivity contribution in [3.63, 3.8) is 0 Å². The van der Waals surface area contributed by atoms with Crippen LogP contribution in [0.5, 0.6) is 0 Å². The summed E-state index contributed by atoms with van der Waals surface area (Å²) in [4.78, 5) is 14.1. The van der Waals surface area contributed by atoms with E-state index in [0.717, 1.165) is 17.8 Å². The molecule has 1 unspecified atom stereocenters. The number of carbonyl (C=O) groups excluding carboxylic acids is 1. The van der Waals surface area contributed by atoms with Crippen LogP contribution in [0.15, 0.2) is 15.7 Å². The fourth-order valence-corrected chi connectivity index (χ4v) is 3.89. The van der Waals surface area contributed by atoms with Gasteiger partial charge in [-0.2, -0.15) is 0 Å². The van der Waals surface area contributed by atoms with Gasteiger partial charge >= 0.3 is 0 Å². The Labute approximate surface area is 135 Å². The molecular formula is C12H20ClN3O3S2. The highest BCUT2D eigenvalue weighted by molar-refractivity contribution is 7.91. The third kappa shape index (κ3) is 3.95. The number of piperidine rings is 1. The highest BCUT2D eigenvalue weighted by Gasteiger charge is 2.35. The van der Waals surface area contributed by atoms with Crippen LogP contribution in [0.1, 0.15) is 30.6 Å². The molecule has 1 saturated heterocycles. The first-order chi connectivity index (χ1) is 9.11. The summed E-state index contributed by atoms with van der Waals surface area (Å²) in [5, 5.41) is 6.58. The first-order valence-electron chi connectivity index (χ1n) is 6.27. The molecule has 120 valence electrons. The van der Waals surface area contributed by atoms with Gasteiger partial charge in [0, 0.05) is 24.5 Å². The van der Waals surface area contributed by atoms with E-state index in [1.54, 1.807) is 4.90 Å². The second kappa shape index (κ2) is 6.21. The van der Waals surface area contributed by atoms with E-state index in [9.17, 15) is 13.2 Å². The molecule has 0 aromatic carbocycles. The fourth-order valence-electron chi connectivity index (χ4n) is 2.31. The van der Waals surface area contributed by atoms with Crippen LogP contribution in [-0.4, -0.2) is 38.4 Å². The Morgan fingerprint density at radius 1 is 1.48 bits per heavy atom. The normalized spacial score (nSPS) is 21.7. The molecular weight excluding hydrogens is 334 g/mol. The molecule has 1 aromatic rings. The SMILES string of the molecule is CC1(C)CN(C(=O)c2csc(S(N)(=O)=O)c2)CCC1N.Cl. The van der Waals surface area contributed by atoms with Gasteiger partial charge in [0.1, 0.15) is 4.21 Å². The Bertz CT molecular complexity index is 627. The van der Waals surface area contributed by atoms with Gasteiger partial charge in [0.15, 0.2) is 0 Å². The molecule has 9 heteroatoms. The van der Waals surface area contributed by atoms with E-state index in [1.165, 1.54) is 11.4 Å². The Kier molecular flexibility index (Phi) is 5.44. The molecule has 0 spiro atoms. The van der Waals surface area contributed by atoms with Crippen molar-refractivity contribution >= 4 is 39.7 Å². The van der Waals surface area contributed by atoms with Crippen molar-refractivity contribution in [2.24, 2.45) is 16.3 Å². The Morgan fingerprint density at radius 2 is 2.10 bits per heavy atom. The van der Waals surface area contributed by atoms with Gasteiger partial charge in [0.2, 0.25) is 10.0 Å². The third-order valence-corrected chi connectivity index (χ3v) is 6.09. The molecule has 1 aliphatic heterocycles. The fraction of sp³-hybridized carbons (Fsp3) is 0.583. The molecule has 21 heavy (non-hydrogen) atoms. The average molecular weight is 354 g/mol. The molecule has 0 aliphatic carbocycles. The van der Waals surface area contributed by atoms with Crippen LogP contribution in [0.4, 0.5) is 0 Å². The maximum absolute atomic E-state index is 12.4. The van der Waals surface area contributed by atoms with Crippen LogP contribution >= 0.6 is 23.7 Å². The number of primary sulfonamides is 1. The maximum atomic E-state index is 12.4. The zero-order chi connectivity index (χ0) is 15.1. The number of nitrogens with two attached hydrogens (primary N) is 2. The number of hydrogen-bond donors (Lipinski definition) is 2. The second-order valence-corrected chi connectivity index (χ2v) is 8.51. The van der Waals surface area contributed by atoms with E-state index in [0.29, 0.717) is 18.7 Å². The Morgan fingerprint density at radius 3 is 2.57 bits per heavy atom. The number of carbonyl (C=O) groups is 1. The topological polar surface area (TPSA) is 106 Å². The van der Waals surface area contributed by atoms with Crippen molar-refractivity contribution in [2.75, 3.05) is 13.1 Å². The van der Waals surface area contributed by atoms with Gasteiger partial charge in [-0.1, -0.05) is 13.8 Å². The monoisotopic (exact) mass is 353 g/mol. The molecule has 4 N–H and O–H groups in total. The molecule has 1 aromatic heterocycles. The molecule has 1 atom stereocenters. The summed E-state index contributed by atoms with van der Waals surface area (Å²) in [6, 6.07) is 1.40. The molecule has 1 aliphatic rings. The summed E-state index contributed by atoms with van der Waals surface area (Å²) >= 11 is 0.964. The van der Waals surface area contributed by atoms with Gasteiger partial charge in [-0.25, -0.2) is 13.6 Å². The smallest absolute Gasteiger partial charge is 0.254 e. The molecule has 2 heterocycles. The number of thiophene rings is 1. The average Bonchev–Trinajstić information content (AvgIpc) is 2.80. The van der Waals surface area contributed by atoms with E-state index in [1.807, 2.05) is 13.8 Å². The number of nitrogens with zero attached hydrogens (tertiary/aromatic N) is 1. The zero-order valence-corrected chi connectivity index (χ0v) is 14.4. The van der Waals surface area contributed by atoms with E-state index >= 15 is 0 Å². The predicted octanol–water partition coefficient (Wildman–Crippen LogP) is 1.02. The number of halogens is 1. The van der Waals surface area contributed by atoms with Gasteiger partial charge in [0.05, 0.1) is 5.56 Å². The van der Waals surface area contributed by atoms with Crippen LogP contribution in [0, 0.1) is 5.41 Å². The van der Waals surface area contributed by atoms with Crippen LogP contribution in [-0.2, 0) is 10.0 Å². The van der Waals surface area contributed by atoms with E-state index in [2.05, 4.69) is 0 Å². The summed E-state index contributed by atoms with van der Waals surface area (Å²) in [6.45, 7) is 5.21. The molecule has 0 saturated carbocycles. The minimum Gasteiger partial charge on any atom is -0.338 e. The molecule has 2 rings (SSSR count). The van der Waals surface area contributed by atoms with E-state index < -0.39 is 10.0 Å². The van der Waals surface area contributed by atoms with Gasteiger partial charge < -0.3 is 10.6 Å². The number of hydrogen-bond acceptors (Lipinski definition) is 5. The lowest BCUT2D eigenvalue weighted by Crippen LogP contribution is -2.53. The van der Waals surface area contributed by atoms with Crippen molar-refractivity contribution in [1.29, 1.82) is 0 Å². The van der Waals surface area contributed by atoms with Gasteiger partial charge in [-0.3, -0.25) is 4.79 Å². The Balaban J connectivity index is 0.00000220. The molecule has 6 nitrogen and oxygen atoms in total. The number of sulfonamides is 1. The van der Waals surface area contributed by atoms with Crippen molar-refractivity contribution in [2.45, 2.75) is 30.5 Å². The van der Waals surface area contributed by atoms with E-state index in [-0.39, 0.29) is 34.0 Å². The summed E-state index contributed by atoms with van der Waals surface area (Å²) in [7, 11) is -3.75. The number of likely N-dealkylation sites (tertiary alicyclic amines) is 1. The lowest BCUT2D eigenvalue weighted by molar-refractivity contribution is 0.0533. The number of rotatable bonds is 2. The molecule has 1 fully saturated rings. The van der Waals surface area contributed by atoms with Crippen LogP contribution in [0.3, 0.4) is 0 Å². The summed E-state index contributed by atoms with van der Waals surface area (Å²) in [6.07, 6.45) is 0.741. The largest absolute Gasteiger partial charge is 0.338 e. The van der Waals surface area contributed by atoms with Gasteiger partial charge in [-0.05, 0) is 17.9 Å². The highest BCUT2D eigenvalue weighted by atomic mass is 35.5. The standard InChI is InChI=1S/C12H19N3O3S2.ClH/c1-12(2)7-15(4-3-9(12)13)11(16)8-5-10(19-6-8)20(14,17)18;/h5-6,9H,3-4,7,13H2,1-2H3,(H2,14,17,18);1H. The minimum atomic E-state index is -3.75. The third-order valence-electron chi connectivity index (χ3n) is 3.70. The van der Waals surface area contributed by atoms with Crippen LogP contribution < -0.4 is 10.9 Å². The predicted molar refractivity (Wildman–Crippen MR) is 85.2 cm³/mol.